The van der Waals surface area contributed by atoms with Crippen molar-refractivity contribution in [2.45, 2.75) is 60.4 Å². The molecule has 0 saturated carbocycles. The van der Waals surface area contributed by atoms with Crippen LogP contribution in [0, 0.1) is 11.8 Å². The Balaban J connectivity index is 1.36. The van der Waals surface area contributed by atoms with Crippen molar-refractivity contribution in [3.63, 3.8) is 0 Å². The number of halogens is 1. The summed E-state index contributed by atoms with van der Waals surface area (Å²) in [5, 5.41) is 14.8. The lowest BCUT2D eigenvalue weighted by molar-refractivity contribution is -0.163. The van der Waals surface area contributed by atoms with Gasteiger partial charge in [-0.2, -0.15) is 0 Å². The number of nitrogens with zero attached hydrogens (tertiary/aromatic N) is 2. The molecule has 3 fully saturated rings. The molecule has 8 atom stereocenters. The molecule has 53 heavy (non-hydrogen) atoms. The van der Waals surface area contributed by atoms with Crippen molar-refractivity contribution in [2.75, 3.05) is 38.3 Å². The highest BCUT2D eigenvalue weighted by Crippen LogP contribution is 2.60. The molecule has 6 rings (SSSR count). The molecule has 1 unspecified atom stereocenters. The summed E-state index contributed by atoms with van der Waals surface area (Å²) in [5.41, 5.74) is -0.0889. The first-order valence-corrected chi connectivity index (χ1v) is 18.9. The number of alkyl halides is 1. The molecule has 2 N–H and O–H groups in total. The number of benzene rings is 3. The summed E-state index contributed by atoms with van der Waals surface area (Å²) in [7, 11) is 1.50. The maximum absolute atomic E-state index is 15.0. The fourth-order valence-corrected chi connectivity index (χ4v) is 9.17. The molecule has 1 spiro atoms. The first-order valence-electron chi connectivity index (χ1n) is 18.0. The highest BCUT2D eigenvalue weighted by Gasteiger charge is 2.77. The molecule has 3 aromatic rings. The van der Waals surface area contributed by atoms with Gasteiger partial charge in [-0.25, -0.2) is 0 Å². The summed E-state index contributed by atoms with van der Waals surface area (Å²) in [5.74, 6) is -3.79. The van der Waals surface area contributed by atoms with Gasteiger partial charge in [0, 0.05) is 43.7 Å². The van der Waals surface area contributed by atoms with Gasteiger partial charge in [0.1, 0.15) is 17.7 Å². The normalized spacial score (nSPS) is 25.5. The Morgan fingerprint density at radius 1 is 1.09 bits per heavy atom. The van der Waals surface area contributed by atoms with Gasteiger partial charge in [0.05, 0.1) is 30.6 Å². The number of allylic oxidation sites excluding steroid dienone is 1. The van der Waals surface area contributed by atoms with Crippen molar-refractivity contribution in [1.29, 1.82) is 0 Å². The number of hydrogen-bond acceptors (Lipinski definition) is 8. The number of carbonyl (C=O) groups is 4. The predicted octanol–water partition coefficient (Wildman–Crippen LogP) is 4.87. The molecule has 3 saturated heterocycles. The Morgan fingerprint density at radius 2 is 1.83 bits per heavy atom. The number of carbonyl (C=O) groups excluding carboxylic acids is 4. The van der Waals surface area contributed by atoms with Crippen LogP contribution in [0.1, 0.15) is 37.4 Å². The van der Waals surface area contributed by atoms with Crippen LogP contribution >= 0.6 is 15.9 Å². The molecular weight excluding hydrogens is 742 g/mol. The van der Waals surface area contributed by atoms with E-state index in [-0.39, 0.29) is 55.8 Å². The number of rotatable bonds is 17. The van der Waals surface area contributed by atoms with Crippen LogP contribution in [-0.4, -0.2) is 95.7 Å². The highest BCUT2D eigenvalue weighted by molar-refractivity contribution is 9.09. The summed E-state index contributed by atoms with van der Waals surface area (Å²) < 4.78 is 18.5. The highest BCUT2D eigenvalue weighted by atomic mass is 79.9. The second-order valence-corrected chi connectivity index (χ2v) is 14.9. The van der Waals surface area contributed by atoms with Gasteiger partial charge in [0.2, 0.25) is 11.8 Å². The zero-order valence-corrected chi connectivity index (χ0v) is 31.4. The Kier molecular flexibility index (Phi) is 12.1. The average molecular weight is 789 g/mol. The Morgan fingerprint density at radius 3 is 2.53 bits per heavy atom. The van der Waals surface area contributed by atoms with Crippen LogP contribution in [0.3, 0.4) is 0 Å². The molecule has 3 aliphatic heterocycles. The quantitative estimate of drug-likeness (QED) is 0.113. The van der Waals surface area contributed by atoms with Gasteiger partial charge in [-0.15, -0.1) is 13.2 Å². The third kappa shape index (κ3) is 7.42. The fourth-order valence-electron chi connectivity index (χ4n) is 8.23. The molecule has 280 valence electrons. The molecule has 12 heteroatoms. The second-order valence-electron chi connectivity index (χ2n) is 13.8. The number of esters is 1. The zero-order chi connectivity index (χ0) is 37.7. The topological polar surface area (TPSA) is 135 Å². The molecule has 3 aliphatic rings. The SMILES string of the molecule is C=CCCC(=O)N[C@@H](COC)[C@@H](OC(=O)[C@H]1[C@@H]2O[C@@]3(CC2Br)[C@@H]1C(=O)N(CCCO)[C@@H]3C(=O)N(CC=C)c1ccc2ccccc2c1)c1ccccc1. The molecule has 3 aromatic carbocycles. The molecule has 0 aliphatic carbocycles. The van der Waals surface area contributed by atoms with Crippen molar-refractivity contribution < 1.29 is 38.5 Å². The van der Waals surface area contributed by atoms with Crippen molar-refractivity contribution in [3.05, 3.63) is 104 Å². The first-order chi connectivity index (χ1) is 25.7. The minimum Gasteiger partial charge on any atom is -0.455 e. The summed E-state index contributed by atoms with van der Waals surface area (Å²) in [4.78, 5) is 59.8. The van der Waals surface area contributed by atoms with Crippen LogP contribution in [0.25, 0.3) is 10.8 Å². The molecule has 2 bridgehead atoms. The van der Waals surface area contributed by atoms with E-state index in [2.05, 4.69) is 34.4 Å². The second kappa shape index (κ2) is 16.8. The van der Waals surface area contributed by atoms with Gasteiger partial charge in [-0.05, 0) is 47.7 Å². The largest absolute Gasteiger partial charge is 0.455 e. The lowest BCUT2D eigenvalue weighted by Gasteiger charge is -2.37. The third-order valence-electron chi connectivity index (χ3n) is 10.5. The molecule has 3 heterocycles. The Hall–Kier alpha value is -4.36. The number of nitrogens with one attached hydrogen (secondary N) is 1. The number of aliphatic hydroxyl groups excluding tert-OH is 1. The van der Waals surface area contributed by atoms with E-state index < -0.39 is 53.6 Å². The van der Waals surface area contributed by atoms with Crippen molar-refractivity contribution >= 4 is 56.1 Å². The number of ether oxygens (including phenoxy) is 3. The Labute approximate surface area is 318 Å². The van der Waals surface area contributed by atoms with Gasteiger partial charge in [0.25, 0.3) is 5.91 Å². The number of amides is 3. The number of anilines is 1. The zero-order valence-electron chi connectivity index (χ0n) is 29.8. The molecular formula is C41H46BrN3O8. The number of methoxy groups -OCH3 is 1. The smallest absolute Gasteiger partial charge is 0.313 e. The summed E-state index contributed by atoms with van der Waals surface area (Å²) in [6, 6.07) is 20.8. The van der Waals surface area contributed by atoms with Gasteiger partial charge in [-0.1, -0.05) is 88.7 Å². The van der Waals surface area contributed by atoms with Crippen LogP contribution in [0.4, 0.5) is 5.69 Å². The third-order valence-corrected chi connectivity index (χ3v) is 11.3. The van der Waals surface area contributed by atoms with Gasteiger partial charge < -0.3 is 34.4 Å². The summed E-state index contributed by atoms with van der Waals surface area (Å²) >= 11 is 3.74. The minimum absolute atomic E-state index is 0.0457. The van der Waals surface area contributed by atoms with Crippen LogP contribution in [0.5, 0.6) is 0 Å². The number of hydrogen-bond donors (Lipinski definition) is 2. The summed E-state index contributed by atoms with van der Waals surface area (Å²) in [6.07, 6.45) is 2.76. The lowest BCUT2D eigenvalue weighted by Crippen LogP contribution is -2.57. The van der Waals surface area contributed by atoms with Gasteiger partial charge in [0.15, 0.2) is 0 Å². The number of likely N-dealkylation sites (tertiary alicyclic amines) is 1. The molecule has 3 amide bonds. The van der Waals surface area contributed by atoms with E-state index in [1.165, 1.54) is 12.0 Å². The van der Waals surface area contributed by atoms with Crippen molar-refractivity contribution in [1.82, 2.24) is 10.2 Å². The maximum Gasteiger partial charge on any atom is 0.313 e. The van der Waals surface area contributed by atoms with E-state index in [0.29, 0.717) is 24.1 Å². The van der Waals surface area contributed by atoms with E-state index in [9.17, 15) is 24.3 Å². The van der Waals surface area contributed by atoms with E-state index in [1.54, 1.807) is 29.2 Å². The average Bonchev–Trinajstić information content (AvgIpc) is 3.76. The van der Waals surface area contributed by atoms with Crippen molar-refractivity contribution in [3.8, 4) is 0 Å². The molecule has 11 nitrogen and oxygen atoms in total. The number of aliphatic hydroxyl groups is 1. The maximum atomic E-state index is 15.0. The van der Waals surface area contributed by atoms with Gasteiger partial charge >= 0.3 is 5.97 Å². The first kappa shape index (κ1) is 38.4. The van der Waals surface area contributed by atoms with E-state index >= 15 is 0 Å². The predicted molar refractivity (Wildman–Crippen MR) is 204 cm³/mol. The van der Waals surface area contributed by atoms with Gasteiger partial charge in [-0.3, -0.25) is 19.2 Å². The monoisotopic (exact) mass is 787 g/mol. The van der Waals surface area contributed by atoms with E-state index in [1.807, 2.05) is 60.7 Å². The van der Waals surface area contributed by atoms with Crippen LogP contribution in [0.15, 0.2) is 98.1 Å². The van der Waals surface area contributed by atoms with Crippen LogP contribution in [-0.2, 0) is 33.4 Å². The van der Waals surface area contributed by atoms with Crippen molar-refractivity contribution in [2.24, 2.45) is 11.8 Å². The van der Waals surface area contributed by atoms with Crippen LogP contribution < -0.4 is 10.2 Å². The number of fused-ring (bicyclic) bond motifs is 2. The summed E-state index contributed by atoms with van der Waals surface area (Å²) in [6.45, 7) is 7.70. The van der Waals surface area contributed by atoms with Crippen LogP contribution in [0.2, 0.25) is 0 Å². The standard InChI is InChI=1S/C41H46BrN3O8/c1-4-6-17-32(47)43-31(25-51-3)35(27-14-8-7-9-15-27)52-40(50)33-34-38(48)45(21-12-22-46)37(41(34)24-30(42)36(33)53-41)39(49)44(20-5-2)29-19-18-26-13-10-11-16-28(26)23-29/h4-5,7-11,13-16,18-19,23,30-31,33-37,46H,1-2,6,12,17,20-22,24-25H2,3H3,(H,43,47)/t30?,31-,33+,34-,35-,36+,37+,41-/m0/s1. The van der Waals surface area contributed by atoms with E-state index in [0.717, 1.165) is 10.8 Å². The minimum atomic E-state index is -1.35. The fraction of sp³-hybridized carbons (Fsp3) is 0.415. The molecule has 0 aromatic heterocycles. The lowest BCUT2D eigenvalue weighted by atomic mass is 9.70. The van der Waals surface area contributed by atoms with E-state index in [4.69, 9.17) is 14.2 Å². The molecule has 0 radical (unpaired) electrons. The Bertz CT molecular complexity index is 1840.